The monoisotopic (exact) mass is 533 g/mol. The standard InChI is InChI=1S/C21H25Cl2N3O5S2/c1-13(14-6-8-26(9-7-14)20(27)11-22)24-17(12-32)16-10-19(30-25-16)21-15(23)4-3-5-18(21)31-33(2,28)29/h3-5,12,14,19,32H,6-11H2,1-2H3/b17-12-,24-13+. The number of hydrogen-bond acceptors (Lipinski definition) is 8. The molecule has 180 valence electrons. The lowest BCUT2D eigenvalue weighted by molar-refractivity contribution is -0.129. The van der Waals surface area contributed by atoms with E-state index in [4.69, 9.17) is 37.2 Å². The fourth-order valence-corrected chi connectivity index (χ4v) is 4.96. The largest absolute Gasteiger partial charge is 0.387 e. The molecule has 1 fully saturated rings. The van der Waals surface area contributed by atoms with Crippen LogP contribution in [0.25, 0.3) is 0 Å². The molecule has 1 saturated heterocycles. The first-order chi connectivity index (χ1) is 15.6. The molecule has 3 rings (SSSR count). The van der Waals surface area contributed by atoms with Gasteiger partial charge in [-0.1, -0.05) is 22.8 Å². The Morgan fingerprint density at radius 1 is 1.39 bits per heavy atom. The first-order valence-corrected chi connectivity index (χ1v) is 13.5. The average Bonchev–Trinajstić information content (AvgIpc) is 3.25. The summed E-state index contributed by atoms with van der Waals surface area (Å²) in [6.45, 7) is 3.23. The first kappa shape index (κ1) is 25.9. The van der Waals surface area contributed by atoms with Gasteiger partial charge in [-0.15, -0.1) is 24.2 Å². The van der Waals surface area contributed by atoms with Gasteiger partial charge in [0.1, 0.15) is 11.6 Å². The number of piperidine rings is 1. The second kappa shape index (κ2) is 11.1. The molecule has 2 heterocycles. The zero-order chi connectivity index (χ0) is 24.2. The van der Waals surface area contributed by atoms with Crippen LogP contribution < -0.4 is 4.18 Å². The van der Waals surface area contributed by atoms with Gasteiger partial charge < -0.3 is 13.9 Å². The third-order valence-corrected chi connectivity index (χ3v) is 6.80. The van der Waals surface area contributed by atoms with Crippen molar-refractivity contribution in [3.8, 4) is 5.75 Å². The Hall–Kier alpha value is -1.75. The predicted octanol–water partition coefficient (Wildman–Crippen LogP) is 4.21. The molecule has 1 aromatic carbocycles. The quantitative estimate of drug-likeness (QED) is 0.245. The van der Waals surface area contributed by atoms with E-state index in [0.717, 1.165) is 24.8 Å². The van der Waals surface area contributed by atoms with Crippen LogP contribution in [0.3, 0.4) is 0 Å². The van der Waals surface area contributed by atoms with Crippen molar-refractivity contribution in [3.05, 3.63) is 39.9 Å². The smallest absolute Gasteiger partial charge is 0.306 e. The molecule has 12 heteroatoms. The van der Waals surface area contributed by atoms with Crippen molar-refractivity contribution in [2.45, 2.75) is 32.3 Å². The second-order valence-electron chi connectivity index (χ2n) is 7.83. The number of likely N-dealkylation sites (tertiary alicyclic amines) is 1. The minimum atomic E-state index is -3.75. The highest BCUT2D eigenvalue weighted by atomic mass is 35.5. The van der Waals surface area contributed by atoms with Crippen molar-refractivity contribution < 1.29 is 22.2 Å². The van der Waals surface area contributed by atoms with E-state index in [9.17, 15) is 13.2 Å². The summed E-state index contributed by atoms with van der Waals surface area (Å²) in [6, 6.07) is 4.75. The summed E-state index contributed by atoms with van der Waals surface area (Å²) < 4.78 is 28.4. The number of hydrogen-bond donors (Lipinski definition) is 1. The lowest BCUT2D eigenvalue weighted by atomic mass is 9.92. The number of aliphatic imine (C=N–C) groups is 1. The number of rotatable bonds is 7. The molecular formula is C21H25Cl2N3O5S2. The van der Waals surface area contributed by atoms with E-state index < -0.39 is 16.2 Å². The van der Waals surface area contributed by atoms with Crippen LogP contribution in [0.1, 0.15) is 37.9 Å². The molecule has 8 nitrogen and oxygen atoms in total. The molecule has 1 atom stereocenters. The summed E-state index contributed by atoms with van der Waals surface area (Å²) in [6.07, 6.45) is 2.25. The van der Waals surface area contributed by atoms with Crippen LogP contribution in [-0.4, -0.2) is 55.9 Å². The summed E-state index contributed by atoms with van der Waals surface area (Å²) in [7, 11) is -3.75. The third-order valence-electron chi connectivity index (χ3n) is 5.51. The molecule has 0 N–H and O–H groups in total. The highest BCUT2D eigenvalue weighted by Crippen LogP contribution is 2.40. The topological polar surface area (TPSA) is 97.6 Å². The van der Waals surface area contributed by atoms with Gasteiger partial charge in [-0.05, 0) is 37.3 Å². The fraction of sp³-hybridized carbons (Fsp3) is 0.476. The van der Waals surface area contributed by atoms with Gasteiger partial charge in [0, 0.05) is 31.1 Å². The summed E-state index contributed by atoms with van der Waals surface area (Å²) in [5.74, 6) is 0.265. The Balaban J connectivity index is 1.71. The molecule has 0 aromatic heterocycles. The summed E-state index contributed by atoms with van der Waals surface area (Å²) in [5.41, 5.74) is 2.43. The summed E-state index contributed by atoms with van der Waals surface area (Å²) in [5, 5.41) is 6.02. The van der Waals surface area contributed by atoms with Gasteiger partial charge in [-0.25, -0.2) is 0 Å². The maximum absolute atomic E-state index is 11.8. The number of benzene rings is 1. The Labute approximate surface area is 209 Å². The summed E-state index contributed by atoms with van der Waals surface area (Å²) >= 11 is 16.3. The molecule has 1 amide bonds. The molecule has 0 saturated carbocycles. The number of nitrogens with zero attached hydrogens (tertiary/aromatic N) is 3. The molecule has 0 aliphatic carbocycles. The normalized spacial score (nSPS) is 20.5. The number of alkyl halides is 1. The molecule has 1 aromatic rings. The van der Waals surface area contributed by atoms with Crippen LogP contribution in [-0.2, 0) is 19.8 Å². The number of oxime groups is 1. The van der Waals surface area contributed by atoms with Crippen LogP contribution in [0.2, 0.25) is 5.02 Å². The Morgan fingerprint density at radius 3 is 2.70 bits per heavy atom. The number of carbonyl (C=O) groups is 1. The van der Waals surface area contributed by atoms with Gasteiger partial charge in [-0.3, -0.25) is 9.79 Å². The van der Waals surface area contributed by atoms with Crippen LogP contribution in [0.4, 0.5) is 0 Å². The molecule has 0 bridgehead atoms. The number of thiol groups is 1. The predicted molar refractivity (Wildman–Crippen MR) is 133 cm³/mol. The van der Waals surface area contributed by atoms with E-state index in [-0.39, 0.29) is 23.5 Å². The van der Waals surface area contributed by atoms with Gasteiger partial charge >= 0.3 is 10.1 Å². The Morgan fingerprint density at radius 2 is 2.09 bits per heavy atom. The van der Waals surface area contributed by atoms with E-state index in [1.54, 1.807) is 22.4 Å². The highest BCUT2D eigenvalue weighted by molar-refractivity contribution is 7.86. The van der Waals surface area contributed by atoms with Crippen molar-refractivity contribution >= 4 is 63.3 Å². The third kappa shape index (κ3) is 6.65. The van der Waals surface area contributed by atoms with Gasteiger partial charge in [0.05, 0.1) is 22.5 Å². The van der Waals surface area contributed by atoms with Crippen molar-refractivity contribution in [2.24, 2.45) is 16.1 Å². The van der Waals surface area contributed by atoms with E-state index in [1.165, 1.54) is 6.07 Å². The van der Waals surface area contributed by atoms with Crippen molar-refractivity contribution in [3.63, 3.8) is 0 Å². The van der Waals surface area contributed by atoms with Crippen LogP contribution in [0, 0.1) is 5.92 Å². The minimum Gasteiger partial charge on any atom is -0.387 e. The summed E-state index contributed by atoms with van der Waals surface area (Å²) in [4.78, 5) is 23.8. The molecule has 2 aliphatic rings. The first-order valence-electron chi connectivity index (χ1n) is 10.3. The zero-order valence-electron chi connectivity index (χ0n) is 18.2. The lowest BCUT2D eigenvalue weighted by Crippen LogP contribution is -2.40. The Kier molecular flexibility index (Phi) is 8.71. The zero-order valence-corrected chi connectivity index (χ0v) is 21.4. The molecule has 1 unspecified atom stereocenters. The maximum Gasteiger partial charge on any atom is 0.306 e. The fourth-order valence-electron chi connectivity index (χ4n) is 3.83. The van der Waals surface area contributed by atoms with Crippen LogP contribution in [0.5, 0.6) is 5.75 Å². The van der Waals surface area contributed by atoms with E-state index in [0.29, 0.717) is 41.5 Å². The van der Waals surface area contributed by atoms with Gasteiger partial charge in [0.25, 0.3) is 0 Å². The average molecular weight is 534 g/mol. The van der Waals surface area contributed by atoms with E-state index in [2.05, 4.69) is 17.8 Å². The number of amides is 1. The van der Waals surface area contributed by atoms with Crippen LogP contribution in [0.15, 0.2) is 39.5 Å². The van der Waals surface area contributed by atoms with Crippen molar-refractivity contribution in [2.75, 3.05) is 25.2 Å². The number of halogens is 2. The number of carbonyl (C=O) groups excluding carboxylic acids is 1. The lowest BCUT2D eigenvalue weighted by Gasteiger charge is -2.31. The molecular weight excluding hydrogens is 509 g/mol. The van der Waals surface area contributed by atoms with Crippen molar-refractivity contribution in [1.29, 1.82) is 0 Å². The minimum absolute atomic E-state index is 0.00631. The van der Waals surface area contributed by atoms with Gasteiger partial charge in [-0.2, -0.15) is 8.42 Å². The maximum atomic E-state index is 11.8. The van der Waals surface area contributed by atoms with E-state index >= 15 is 0 Å². The molecule has 2 aliphatic heterocycles. The van der Waals surface area contributed by atoms with Crippen LogP contribution >= 0.6 is 35.8 Å². The second-order valence-corrected chi connectivity index (χ2v) is 10.3. The van der Waals surface area contributed by atoms with Gasteiger partial charge in [0.2, 0.25) is 5.91 Å². The molecule has 33 heavy (non-hydrogen) atoms. The SMILES string of the molecule is C/C(=N\C(=C/S)C1=NOC(c2c(Cl)cccc2OS(C)(=O)=O)C1)C1CCN(C(=O)CCl)CC1. The van der Waals surface area contributed by atoms with E-state index in [1.807, 2.05) is 6.92 Å². The Bertz CT molecular complexity index is 1100. The molecule has 0 radical (unpaired) electrons. The molecule has 0 spiro atoms. The van der Waals surface area contributed by atoms with Gasteiger partial charge in [0.15, 0.2) is 11.9 Å². The van der Waals surface area contributed by atoms with Crippen molar-refractivity contribution in [1.82, 2.24) is 4.90 Å². The number of allylic oxidation sites excluding steroid dienone is 1. The highest BCUT2D eigenvalue weighted by Gasteiger charge is 2.31.